The largest absolute Gasteiger partial charge is 0.416 e. The number of nitrogens with two attached hydrogens (primary N) is 1. The normalized spacial score (nSPS) is 13.7. The first-order chi connectivity index (χ1) is 16.7. The van der Waals surface area contributed by atoms with Gasteiger partial charge in [0.1, 0.15) is 0 Å². The summed E-state index contributed by atoms with van der Waals surface area (Å²) in [5.74, 6) is 7.28. The summed E-state index contributed by atoms with van der Waals surface area (Å²) in [6, 6.07) is 8.44. The van der Waals surface area contributed by atoms with Gasteiger partial charge < -0.3 is 16.0 Å². The highest BCUT2D eigenvalue weighted by Gasteiger charge is 2.32. The van der Waals surface area contributed by atoms with Crippen molar-refractivity contribution in [2.45, 2.75) is 13.1 Å². The van der Waals surface area contributed by atoms with Crippen molar-refractivity contribution in [1.29, 1.82) is 0 Å². The fourth-order valence-electron chi connectivity index (χ4n) is 3.53. The average Bonchev–Trinajstić information content (AvgIpc) is 2.84. The predicted octanol–water partition coefficient (Wildman–Crippen LogP) is 4.59. The number of rotatable bonds is 3. The van der Waals surface area contributed by atoms with Crippen LogP contribution in [-0.2, 0) is 6.18 Å². The molecule has 10 heteroatoms. The molecule has 0 saturated carbocycles. The zero-order valence-electron chi connectivity index (χ0n) is 18.8. The van der Waals surface area contributed by atoms with E-state index >= 15 is 0 Å². The van der Waals surface area contributed by atoms with Gasteiger partial charge in [-0.1, -0.05) is 17.9 Å². The van der Waals surface area contributed by atoms with Gasteiger partial charge in [0.15, 0.2) is 0 Å². The standard InChI is InChI=1S/C25H22F3N5OS/c1-16-2-4-19(12-18(16)5-3-17-14-30-24(29)31-15-17)23(34)32-21-13-20(25(26,27)28)6-7-22(21)33-8-10-35-11-9-33/h2,4,6-7,12-15H,8-11H2,1H3,(H,32,34)(H2,29,30,31). The number of thioether (sulfide) groups is 1. The van der Waals surface area contributed by atoms with Crippen LogP contribution in [0.15, 0.2) is 48.8 Å². The van der Waals surface area contributed by atoms with Gasteiger partial charge in [-0.3, -0.25) is 4.79 Å². The zero-order valence-corrected chi connectivity index (χ0v) is 19.6. The lowest BCUT2D eigenvalue weighted by Crippen LogP contribution is -2.33. The first-order valence-corrected chi connectivity index (χ1v) is 11.9. The van der Waals surface area contributed by atoms with E-state index < -0.39 is 17.6 Å². The van der Waals surface area contributed by atoms with E-state index in [1.807, 2.05) is 11.8 Å². The molecule has 0 atom stereocenters. The molecule has 0 spiro atoms. The molecule has 1 saturated heterocycles. The Labute approximate surface area is 205 Å². The van der Waals surface area contributed by atoms with Gasteiger partial charge in [-0.2, -0.15) is 24.9 Å². The number of hydrogen-bond acceptors (Lipinski definition) is 6. The van der Waals surface area contributed by atoms with Crippen LogP contribution in [0.25, 0.3) is 0 Å². The Morgan fingerprint density at radius 1 is 1.09 bits per heavy atom. The molecule has 180 valence electrons. The van der Waals surface area contributed by atoms with E-state index in [0.29, 0.717) is 29.9 Å². The van der Waals surface area contributed by atoms with Gasteiger partial charge >= 0.3 is 6.18 Å². The van der Waals surface area contributed by atoms with Crippen molar-refractivity contribution >= 4 is 35.0 Å². The number of nitrogens with zero attached hydrogens (tertiary/aromatic N) is 3. The number of nitrogens with one attached hydrogen (secondary N) is 1. The number of alkyl halides is 3. The monoisotopic (exact) mass is 497 g/mol. The number of amides is 1. The lowest BCUT2D eigenvalue weighted by Gasteiger charge is -2.30. The Bertz CT molecular complexity index is 1290. The maximum Gasteiger partial charge on any atom is 0.416 e. The molecule has 0 bridgehead atoms. The number of carbonyl (C=O) groups excluding carboxylic acids is 1. The Hall–Kier alpha value is -3.71. The number of aromatic nitrogens is 2. The summed E-state index contributed by atoms with van der Waals surface area (Å²) in [6.07, 6.45) is -1.53. The van der Waals surface area contributed by atoms with E-state index in [-0.39, 0.29) is 17.2 Å². The van der Waals surface area contributed by atoms with Crippen LogP contribution in [-0.4, -0.2) is 40.5 Å². The van der Waals surface area contributed by atoms with Crippen molar-refractivity contribution in [2.75, 3.05) is 40.5 Å². The number of benzene rings is 2. The number of aryl methyl sites for hydroxylation is 1. The molecule has 1 amide bonds. The minimum absolute atomic E-state index is 0.129. The molecule has 3 aromatic rings. The van der Waals surface area contributed by atoms with E-state index in [1.54, 1.807) is 30.0 Å². The second-order valence-electron chi connectivity index (χ2n) is 7.89. The van der Waals surface area contributed by atoms with Crippen molar-refractivity contribution in [2.24, 2.45) is 0 Å². The van der Waals surface area contributed by atoms with Crippen molar-refractivity contribution in [3.8, 4) is 11.8 Å². The van der Waals surface area contributed by atoms with Crippen LogP contribution < -0.4 is 16.0 Å². The number of nitrogen functional groups attached to an aromatic ring is 1. The highest BCUT2D eigenvalue weighted by Crippen LogP contribution is 2.36. The lowest BCUT2D eigenvalue weighted by atomic mass is 10.0. The molecule has 0 radical (unpaired) electrons. The molecule has 0 unspecified atom stereocenters. The van der Waals surface area contributed by atoms with E-state index in [9.17, 15) is 18.0 Å². The molecule has 35 heavy (non-hydrogen) atoms. The summed E-state index contributed by atoms with van der Waals surface area (Å²) in [7, 11) is 0. The Balaban J connectivity index is 1.63. The van der Waals surface area contributed by atoms with Gasteiger partial charge in [-0.25, -0.2) is 9.97 Å². The van der Waals surface area contributed by atoms with Gasteiger partial charge in [0.05, 0.1) is 22.5 Å². The highest BCUT2D eigenvalue weighted by molar-refractivity contribution is 7.99. The van der Waals surface area contributed by atoms with Crippen LogP contribution >= 0.6 is 11.8 Å². The molecule has 0 aliphatic carbocycles. The van der Waals surface area contributed by atoms with Gasteiger partial charge in [-0.05, 0) is 42.8 Å². The van der Waals surface area contributed by atoms with Gasteiger partial charge in [-0.15, -0.1) is 0 Å². The van der Waals surface area contributed by atoms with Crippen LogP contribution in [0, 0.1) is 18.8 Å². The van der Waals surface area contributed by atoms with Gasteiger partial charge in [0.2, 0.25) is 5.95 Å². The summed E-state index contributed by atoms with van der Waals surface area (Å²) < 4.78 is 40.2. The third kappa shape index (κ3) is 6.05. The van der Waals surface area contributed by atoms with Crippen molar-refractivity contribution in [1.82, 2.24) is 9.97 Å². The smallest absolute Gasteiger partial charge is 0.368 e. The third-order valence-electron chi connectivity index (χ3n) is 5.44. The minimum atomic E-state index is -4.52. The summed E-state index contributed by atoms with van der Waals surface area (Å²) in [6.45, 7) is 3.24. The van der Waals surface area contributed by atoms with Crippen molar-refractivity contribution in [3.05, 3.63) is 76.6 Å². The maximum absolute atomic E-state index is 13.4. The molecule has 2 heterocycles. The van der Waals surface area contributed by atoms with Crippen LogP contribution in [0.2, 0.25) is 0 Å². The predicted molar refractivity (Wildman–Crippen MR) is 133 cm³/mol. The summed E-state index contributed by atoms with van der Waals surface area (Å²) in [5, 5.41) is 2.69. The van der Waals surface area contributed by atoms with Crippen LogP contribution in [0.3, 0.4) is 0 Å². The summed E-state index contributed by atoms with van der Waals surface area (Å²) in [4.78, 5) is 22.9. The highest BCUT2D eigenvalue weighted by atomic mass is 32.2. The molecule has 1 aromatic heterocycles. The fraction of sp³-hybridized carbons (Fsp3) is 0.240. The second-order valence-corrected chi connectivity index (χ2v) is 9.12. The molecule has 1 aliphatic heterocycles. The van der Waals surface area contributed by atoms with E-state index in [1.165, 1.54) is 18.5 Å². The third-order valence-corrected chi connectivity index (χ3v) is 6.38. The first-order valence-electron chi connectivity index (χ1n) is 10.8. The Morgan fingerprint density at radius 2 is 1.80 bits per heavy atom. The molecule has 2 aromatic carbocycles. The lowest BCUT2D eigenvalue weighted by molar-refractivity contribution is -0.137. The molecule has 3 N–H and O–H groups in total. The molecular formula is C25H22F3N5OS. The number of hydrogen-bond donors (Lipinski definition) is 2. The van der Waals surface area contributed by atoms with E-state index in [4.69, 9.17) is 5.73 Å². The average molecular weight is 498 g/mol. The van der Waals surface area contributed by atoms with Crippen LogP contribution in [0.1, 0.15) is 32.6 Å². The molecule has 1 fully saturated rings. The van der Waals surface area contributed by atoms with Crippen LogP contribution in [0.5, 0.6) is 0 Å². The van der Waals surface area contributed by atoms with Gasteiger partial charge in [0.25, 0.3) is 5.91 Å². The molecular weight excluding hydrogens is 475 g/mol. The minimum Gasteiger partial charge on any atom is -0.368 e. The maximum atomic E-state index is 13.4. The van der Waals surface area contributed by atoms with Crippen molar-refractivity contribution < 1.29 is 18.0 Å². The topological polar surface area (TPSA) is 84.1 Å². The first kappa shape index (κ1) is 24.4. The summed E-state index contributed by atoms with van der Waals surface area (Å²) in [5.41, 5.74) is 7.66. The SMILES string of the molecule is Cc1ccc(C(=O)Nc2cc(C(F)(F)F)ccc2N2CCSCC2)cc1C#Cc1cnc(N)nc1. The van der Waals surface area contributed by atoms with Crippen molar-refractivity contribution in [3.63, 3.8) is 0 Å². The van der Waals surface area contributed by atoms with E-state index in [2.05, 4.69) is 27.1 Å². The second kappa shape index (κ2) is 10.3. The number of carbonyl (C=O) groups is 1. The Kier molecular flexibility index (Phi) is 7.17. The zero-order chi connectivity index (χ0) is 25.0. The molecule has 1 aliphatic rings. The fourth-order valence-corrected chi connectivity index (χ4v) is 4.43. The number of anilines is 3. The van der Waals surface area contributed by atoms with Gasteiger partial charge in [0, 0.05) is 48.1 Å². The van der Waals surface area contributed by atoms with Crippen LogP contribution in [0.4, 0.5) is 30.5 Å². The Morgan fingerprint density at radius 3 is 2.49 bits per heavy atom. The molecule has 6 nitrogen and oxygen atoms in total. The number of halogens is 3. The molecule has 4 rings (SSSR count). The summed E-state index contributed by atoms with van der Waals surface area (Å²) >= 11 is 1.79. The van der Waals surface area contributed by atoms with E-state index in [0.717, 1.165) is 29.2 Å². The quantitative estimate of drug-likeness (QED) is 0.515.